The van der Waals surface area contributed by atoms with Gasteiger partial charge in [-0.05, 0) is 33.1 Å². The van der Waals surface area contributed by atoms with Gasteiger partial charge in [-0.2, -0.15) is 0 Å². The van der Waals surface area contributed by atoms with Crippen LogP contribution in [0.3, 0.4) is 0 Å². The van der Waals surface area contributed by atoms with Crippen LogP contribution in [0.2, 0.25) is 0 Å². The summed E-state index contributed by atoms with van der Waals surface area (Å²) in [6.45, 7) is 5.07. The first-order valence-corrected chi connectivity index (χ1v) is 6.06. The average molecular weight is 242 g/mol. The van der Waals surface area contributed by atoms with Gasteiger partial charge in [-0.25, -0.2) is 0 Å². The number of unbranched alkanes of at least 4 members (excludes halogenated alkanes) is 2. The number of hydrogen-bond donors (Lipinski definition) is 1. The number of nitrogens with zero attached hydrogens (tertiary/aromatic N) is 1. The number of amides is 2. The maximum atomic E-state index is 12.0. The topological polar surface area (TPSA) is 58.6 Å². The Labute approximate surface area is 102 Å². The van der Waals surface area contributed by atoms with Crippen LogP contribution in [-0.4, -0.2) is 49.1 Å². The lowest BCUT2D eigenvalue weighted by atomic mass is 10.0. The zero-order valence-electron chi connectivity index (χ0n) is 10.9. The van der Waals surface area contributed by atoms with E-state index >= 15 is 0 Å². The van der Waals surface area contributed by atoms with Gasteiger partial charge in [0.25, 0.3) is 0 Å². The number of carbonyl (C=O) groups excluding carboxylic acids is 2. The second-order valence-electron chi connectivity index (χ2n) is 4.95. The molecule has 1 aliphatic rings. The van der Waals surface area contributed by atoms with Crippen molar-refractivity contribution in [2.45, 2.75) is 38.6 Å². The quantitative estimate of drug-likeness (QED) is 0.692. The van der Waals surface area contributed by atoms with Crippen LogP contribution >= 0.6 is 0 Å². The third-order valence-corrected chi connectivity index (χ3v) is 2.88. The second kappa shape index (κ2) is 6.00. The van der Waals surface area contributed by atoms with E-state index in [-0.39, 0.29) is 18.4 Å². The van der Waals surface area contributed by atoms with Gasteiger partial charge in [-0.3, -0.25) is 9.59 Å². The molecule has 1 N–H and O–H groups in total. The molecule has 1 aliphatic heterocycles. The van der Waals surface area contributed by atoms with E-state index < -0.39 is 5.54 Å². The Kier molecular flexibility index (Phi) is 4.93. The van der Waals surface area contributed by atoms with Crippen LogP contribution in [0.4, 0.5) is 0 Å². The van der Waals surface area contributed by atoms with Crippen molar-refractivity contribution >= 4 is 11.8 Å². The molecule has 5 heteroatoms. The molecule has 1 saturated heterocycles. The number of carbonyl (C=O) groups is 2. The van der Waals surface area contributed by atoms with E-state index in [1.165, 1.54) is 0 Å². The van der Waals surface area contributed by atoms with Gasteiger partial charge in [0.05, 0.1) is 6.54 Å². The summed E-state index contributed by atoms with van der Waals surface area (Å²) in [6, 6.07) is 0. The van der Waals surface area contributed by atoms with Gasteiger partial charge in [0.1, 0.15) is 5.54 Å². The monoisotopic (exact) mass is 242 g/mol. The molecule has 0 bridgehead atoms. The van der Waals surface area contributed by atoms with Crippen LogP contribution < -0.4 is 5.32 Å². The highest BCUT2D eigenvalue weighted by Gasteiger charge is 2.38. The van der Waals surface area contributed by atoms with E-state index in [1.54, 1.807) is 25.9 Å². The van der Waals surface area contributed by atoms with Gasteiger partial charge in [0, 0.05) is 20.3 Å². The SMILES string of the molecule is COCCCCCN1CC(=O)NC(C)(C)C1=O. The van der Waals surface area contributed by atoms with Crippen LogP contribution in [-0.2, 0) is 14.3 Å². The highest BCUT2D eigenvalue weighted by atomic mass is 16.5. The Bertz CT molecular complexity index is 289. The van der Waals surface area contributed by atoms with E-state index in [1.807, 2.05) is 0 Å². The Balaban J connectivity index is 2.36. The number of piperazine rings is 1. The Morgan fingerprint density at radius 2 is 2.00 bits per heavy atom. The lowest BCUT2D eigenvalue weighted by molar-refractivity contribution is -0.148. The van der Waals surface area contributed by atoms with E-state index in [4.69, 9.17) is 4.74 Å². The van der Waals surface area contributed by atoms with Gasteiger partial charge in [-0.1, -0.05) is 0 Å². The minimum absolute atomic E-state index is 0.00356. The van der Waals surface area contributed by atoms with Crippen molar-refractivity contribution < 1.29 is 14.3 Å². The molecule has 2 amide bonds. The van der Waals surface area contributed by atoms with Gasteiger partial charge in [-0.15, -0.1) is 0 Å². The molecule has 0 radical (unpaired) electrons. The summed E-state index contributed by atoms with van der Waals surface area (Å²) in [6.07, 6.45) is 2.92. The molecular formula is C12H22N2O3. The second-order valence-corrected chi connectivity index (χ2v) is 4.95. The predicted octanol–water partition coefficient (Wildman–Crippen LogP) is 0.540. The number of methoxy groups -OCH3 is 1. The van der Waals surface area contributed by atoms with Crippen molar-refractivity contribution in [3.8, 4) is 0 Å². The number of rotatable bonds is 6. The van der Waals surface area contributed by atoms with Crippen molar-refractivity contribution in [3.63, 3.8) is 0 Å². The maximum Gasteiger partial charge on any atom is 0.248 e. The van der Waals surface area contributed by atoms with E-state index in [0.717, 1.165) is 25.9 Å². The molecule has 0 unspecified atom stereocenters. The Morgan fingerprint density at radius 1 is 1.29 bits per heavy atom. The number of hydrogen-bond acceptors (Lipinski definition) is 3. The van der Waals surface area contributed by atoms with Crippen molar-refractivity contribution in [2.75, 3.05) is 26.8 Å². The molecule has 17 heavy (non-hydrogen) atoms. The predicted molar refractivity (Wildman–Crippen MR) is 64.5 cm³/mol. The molecular weight excluding hydrogens is 220 g/mol. The molecule has 1 fully saturated rings. The first-order valence-electron chi connectivity index (χ1n) is 6.06. The summed E-state index contributed by atoms with van der Waals surface area (Å²) in [5.74, 6) is -0.0738. The normalized spacial score (nSPS) is 19.4. The lowest BCUT2D eigenvalue weighted by Gasteiger charge is -2.37. The molecule has 0 atom stereocenters. The molecule has 1 heterocycles. The minimum Gasteiger partial charge on any atom is -0.385 e. The number of nitrogens with one attached hydrogen (secondary N) is 1. The fraction of sp³-hybridized carbons (Fsp3) is 0.833. The van der Waals surface area contributed by atoms with Crippen LogP contribution in [0.5, 0.6) is 0 Å². The first-order chi connectivity index (χ1) is 7.97. The molecule has 0 aromatic rings. The van der Waals surface area contributed by atoms with Crippen LogP contribution in [0, 0.1) is 0 Å². The zero-order valence-corrected chi connectivity index (χ0v) is 10.9. The fourth-order valence-corrected chi connectivity index (χ4v) is 1.99. The van der Waals surface area contributed by atoms with E-state index in [0.29, 0.717) is 6.54 Å². The summed E-state index contributed by atoms with van der Waals surface area (Å²) in [5, 5.41) is 2.70. The zero-order chi connectivity index (χ0) is 12.9. The average Bonchev–Trinajstić information content (AvgIpc) is 2.24. The highest BCUT2D eigenvalue weighted by molar-refractivity contribution is 5.97. The van der Waals surface area contributed by atoms with Crippen molar-refractivity contribution in [3.05, 3.63) is 0 Å². The standard InChI is InChI=1S/C12H22N2O3/c1-12(2)11(16)14(9-10(15)13-12)7-5-4-6-8-17-3/h4-9H2,1-3H3,(H,13,15). The molecule has 0 aromatic carbocycles. The molecule has 5 nitrogen and oxygen atoms in total. The van der Waals surface area contributed by atoms with E-state index in [9.17, 15) is 9.59 Å². The van der Waals surface area contributed by atoms with Crippen LogP contribution in [0.15, 0.2) is 0 Å². The lowest BCUT2D eigenvalue weighted by Crippen LogP contribution is -2.63. The maximum absolute atomic E-state index is 12.0. The van der Waals surface area contributed by atoms with Crippen molar-refractivity contribution in [1.29, 1.82) is 0 Å². The fourth-order valence-electron chi connectivity index (χ4n) is 1.99. The molecule has 98 valence electrons. The minimum atomic E-state index is -0.762. The number of ether oxygens (including phenoxy) is 1. The third-order valence-electron chi connectivity index (χ3n) is 2.88. The first kappa shape index (κ1) is 14.0. The molecule has 0 aliphatic carbocycles. The summed E-state index contributed by atoms with van der Waals surface area (Å²) in [5.41, 5.74) is -0.762. The summed E-state index contributed by atoms with van der Waals surface area (Å²) >= 11 is 0. The van der Waals surface area contributed by atoms with Crippen molar-refractivity contribution in [2.24, 2.45) is 0 Å². The van der Waals surface area contributed by atoms with Gasteiger partial charge >= 0.3 is 0 Å². The molecule has 0 aromatic heterocycles. The smallest absolute Gasteiger partial charge is 0.248 e. The van der Waals surface area contributed by atoms with Crippen LogP contribution in [0.25, 0.3) is 0 Å². The Hall–Kier alpha value is -1.10. The summed E-state index contributed by atoms with van der Waals surface area (Å²) in [4.78, 5) is 25.1. The Morgan fingerprint density at radius 3 is 2.65 bits per heavy atom. The molecule has 0 spiro atoms. The van der Waals surface area contributed by atoms with Gasteiger partial charge < -0.3 is 15.0 Å². The van der Waals surface area contributed by atoms with Gasteiger partial charge in [0.15, 0.2) is 0 Å². The molecule has 1 rings (SSSR count). The van der Waals surface area contributed by atoms with Gasteiger partial charge in [0.2, 0.25) is 11.8 Å². The third kappa shape index (κ3) is 4.00. The molecule has 0 saturated carbocycles. The van der Waals surface area contributed by atoms with Crippen molar-refractivity contribution in [1.82, 2.24) is 10.2 Å². The van der Waals surface area contributed by atoms with E-state index in [2.05, 4.69) is 5.32 Å². The summed E-state index contributed by atoms with van der Waals surface area (Å²) < 4.78 is 4.96. The highest BCUT2D eigenvalue weighted by Crippen LogP contribution is 2.14. The van der Waals surface area contributed by atoms with Crippen LogP contribution in [0.1, 0.15) is 33.1 Å². The summed E-state index contributed by atoms with van der Waals surface area (Å²) in [7, 11) is 1.68. The largest absolute Gasteiger partial charge is 0.385 e.